The number of aromatic nitrogens is 1. The van der Waals surface area contributed by atoms with Crippen molar-refractivity contribution < 1.29 is 5.11 Å². The summed E-state index contributed by atoms with van der Waals surface area (Å²) in [7, 11) is 0. The molecule has 94 valence electrons. The van der Waals surface area contributed by atoms with Crippen molar-refractivity contribution in [2.75, 3.05) is 23.7 Å². The second-order valence-corrected chi connectivity index (χ2v) is 4.80. The Labute approximate surface area is 106 Å². The highest BCUT2D eigenvalue weighted by Crippen LogP contribution is 2.33. The van der Waals surface area contributed by atoms with Crippen LogP contribution in [0.25, 0.3) is 10.9 Å². The van der Waals surface area contributed by atoms with E-state index < -0.39 is 0 Å². The molecule has 0 bridgehead atoms. The first-order valence-corrected chi connectivity index (χ1v) is 6.32. The molecule has 4 nitrogen and oxygen atoms in total. The fraction of sp³-hybridized carbons (Fsp3) is 0.357. The van der Waals surface area contributed by atoms with Crippen molar-refractivity contribution in [2.24, 2.45) is 0 Å². The molecule has 1 aliphatic rings. The van der Waals surface area contributed by atoms with Gasteiger partial charge in [-0.05, 0) is 18.9 Å². The highest BCUT2D eigenvalue weighted by atomic mass is 16.3. The lowest BCUT2D eigenvalue weighted by Crippen LogP contribution is -2.36. The summed E-state index contributed by atoms with van der Waals surface area (Å²) in [5.74, 6) is 0. The summed E-state index contributed by atoms with van der Waals surface area (Å²) < 4.78 is 0. The van der Waals surface area contributed by atoms with E-state index in [9.17, 15) is 5.11 Å². The highest BCUT2D eigenvalue weighted by Gasteiger charge is 2.20. The SMILES string of the molecule is Nc1cnc2ccccc2c1N1CCC(O)CC1. The van der Waals surface area contributed by atoms with Crippen LogP contribution in [0.5, 0.6) is 0 Å². The number of piperidine rings is 1. The van der Waals surface area contributed by atoms with Crippen LogP contribution >= 0.6 is 0 Å². The maximum Gasteiger partial charge on any atom is 0.0745 e. The first-order valence-electron chi connectivity index (χ1n) is 6.32. The highest BCUT2D eigenvalue weighted by molar-refractivity contribution is 5.97. The molecule has 0 saturated carbocycles. The zero-order valence-corrected chi connectivity index (χ0v) is 10.2. The largest absolute Gasteiger partial charge is 0.396 e. The number of nitrogen functional groups attached to an aromatic ring is 1. The standard InChI is InChI=1S/C14H17N3O/c15-12-9-16-13-4-2-1-3-11(13)14(12)17-7-5-10(18)6-8-17/h1-4,9-10,18H,5-8,15H2. The van der Waals surface area contributed by atoms with Gasteiger partial charge in [0.2, 0.25) is 0 Å². The molecule has 0 atom stereocenters. The molecule has 0 unspecified atom stereocenters. The Balaban J connectivity index is 2.07. The number of nitrogens with two attached hydrogens (primary N) is 1. The molecule has 18 heavy (non-hydrogen) atoms. The Bertz CT molecular complexity index is 562. The van der Waals surface area contributed by atoms with Crippen molar-refractivity contribution in [2.45, 2.75) is 18.9 Å². The third-order valence-corrected chi connectivity index (χ3v) is 3.56. The van der Waals surface area contributed by atoms with E-state index in [-0.39, 0.29) is 6.10 Å². The minimum atomic E-state index is -0.171. The van der Waals surface area contributed by atoms with E-state index in [1.165, 1.54) is 0 Å². The number of aliphatic hydroxyl groups excluding tert-OH is 1. The Morgan fingerprint density at radius 2 is 1.94 bits per heavy atom. The van der Waals surface area contributed by atoms with Crippen LogP contribution in [0, 0.1) is 0 Å². The number of para-hydroxylation sites is 1. The van der Waals surface area contributed by atoms with Gasteiger partial charge in [-0.3, -0.25) is 4.98 Å². The normalized spacial score (nSPS) is 17.3. The van der Waals surface area contributed by atoms with Crippen LogP contribution in [-0.2, 0) is 0 Å². The van der Waals surface area contributed by atoms with Gasteiger partial charge < -0.3 is 15.7 Å². The molecule has 4 heteroatoms. The molecule has 1 fully saturated rings. The van der Waals surface area contributed by atoms with E-state index in [1.54, 1.807) is 6.20 Å². The van der Waals surface area contributed by atoms with Gasteiger partial charge in [-0.1, -0.05) is 18.2 Å². The predicted molar refractivity (Wildman–Crippen MR) is 73.6 cm³/mol. The molecule has 1 aromatic heterocycles. The summed E-state index contributed by atoms with van der Waals surface area (Å²) in [6.07, 6.45) is 3.16. The van der Waals surface area contributed by atoms with Gasteiger partial charge in [0, 0.05) is 18.5 Å². The molecular weight excluding hydrogens is 226 g/mol. The maximum absolute atomic E-state index is 9.59. The van der Waals surface area contributed by atoms with Gasteiger partial charge in [-0.15, -0.1) is 0 Å². The van der Waals surface area contributed by atoms with E-state index in [0.717, 1.165) is 42.5 Å². The van der Waals surface area contributed by atoms with Crippen LogP contribution in [0.3, 0.4) is 0 Å². The summed E-state index contributed by atoms with van der Waals surface area (Å²) in [5.41, 5.74) is 8.83. The zero-order valence-electron chi connectivity index (χ0n) is 10.2. The number of benzene rings is 1. The molecule has 0 amide bonds. The monoisotopic (exact) mass is 243 g/mol. The minimum absolute atomic E-state index is 0.171. The molecule has 3 rings (SSSR count). The lowest BCUT2D eigenvalue weighted by molar-refractivity contribution is 0.145. The Kier molecular flexibility index (Phi) is 2.80. The Hall–Kier alpha value is -1.81. The molecule has 2 aromatic rings. The van der Waals surface area contributed by atoms with Crippen LogP contribution in [0.15, 0.2) is 30.5 Å². The lowest BCUT2D eigenvalue weighted by Gasteiger charge is -2.32. The summed E-state index contributed by atoms with van der Waals surface area (Å²) in [4.78, 5) is 6.61. The van der Waals surface area contributed by atoms with Gasteiger partial charge in [-0.2, -0.15) is 0 Å². The number of nitrogens with zero attached hydrogens (tertiary/aromatic N) is 2. The molecule has 0 aliphatic carbocycles. The van der Waals surface area contributed by atoms with Crippen molar-refractivity contribution in [1.82, 2.24) is 4.98 Å². The number of fused-ring (bicyclic) bond motifs is 1. The van der Waals surface area contributed by atoms with E-state index in [0.29, 0.717) is 5.69 Å². The van der Waals surface area contributed by atoms with Gasteiger partial charge in [-0.25, -0.2) is 0 Å². The zero-order chi connectivity index (χ0) is 12.5. The second kappa shape index (κ2) is 4.46. The molecule has 1 saturated heterocycles. The first kappa shape index (κ1) is 11.3. The molecule has 2 heterocycles. The van der Waals surface area contributed by atoms with Gasteiger partial charge in [0.05, 0.1) is 29.2 Å². The topological polar surface area (TPSA) is 62.4 Å². The van der Waals surface area contributed by atoms with Gasteiger partial charge in [0.25, 0.3) is 0 Å². The smallest absolute Gasteiger partial charge is 0.0745 e. The summed E-state index contributed by atoms with van der Waals surface area (Å²) in [6.45, 7) is 1.69. The number of anilines is 2. The number of aliphatic hydroxyl groups is 1. The molecular formula is C14H17N3O. The van der Waals surface area contributed by atoms with Crippen molar-refractivity contribution in [3.8, 4) is 0 Å². The minimum Gasteiger partial charge on any atom is -0.396 e. The summed E-state index contributed by atoms with van der Waals surface area (Å²) in [5, 5.41) is 10.7. The van der Waals surface area contributed by atoms with Gasteiger partial charge in [0.1, 0.15) is 0 Å². The molecule has 0 radical (unpaired) electrons. The summed E-state index contributed by atoms with van der Waals surface area (Å²) in [6, 6.07) is 8.04. The quantitative estimate of drug-likeness (QED) is 0.801. The van der Waals surface area contributed by atoms with E-state index in [1.807, 2.05) is 18.2 Å². The van der Waals surface area contributed by atoms with Crippen molar-refractivity contribution >= 4 is 22.3 Å². The van der Waals surface area contributed by atoms with Crippen molar-refractivity contribution in [3.63, 3.8) is 0 Å². The average molecular weight is 243 g/mol. The number of pyridine rings is 1. The van der Waals surface area contributed by atoms with Crippen LogP contribution in [-0.4, -0.2) is 29.3 Å². The summed E-state index contributed by atoms with van der Waals surface area (Å²) >= 11 is 0. The third kappa shape index (κ3) is 1.88. The number of rotatable bonds is 1. The maximum atomic E-state index is 9.59. The van der Waals surface area contributed by atoms with Crippen molar-refractivity contribution in [1.29, 1.82) is 0 Å². The van der Waals surface area contributed by atoms with E-state index in [4.69, 9.17) is 5.73 Å². The van der Waals surface area contributed by atoms with E-state index >= 15 is 0 Å². The predicted octanol–water partition coefficient (Wildman–Crippen LogP) is 1.78. The van der Waals surface area contributed by atoms with Gasteiger partial charge in [0.15, 0.2) is 0 Å². The molecule has 0 spiro atoms. The lowest BCUT2D eigenvalue weighted by atomic mass is 10.1. The fourth-order valence-corrected chi connectivity index (χ4v) is 2.58. The van der Waals surface area contributed by atoms with Crippen molar-refractivity contribution in [3.05, 3.63) is 30.5 Å². The average Bonchev–Trinajstić information content (AvgIpc) is 2.40. The fourth-order valence-electron chi connectivity index (χ4n) is 2.58. The van der Waals surface area contributed by atoms with E-state index in [2.05, 4.69) is 16.0 Å². The Morgan fingerprint density at radius 3 is 2.72 bits per heavy atom. The number of hydrogen-bond acceptors (Lipinski definition) is 4. The second-order valence-electron chi connectivity index (χ2n) is 4.80. The van der Waals surface area contributed by atoms with Crippen LogP contribution in [0.4, 0.5) is 11.4 Å². The third-order valence-electron chi connectivity index (χ3n) is 3.56. The van der Waals surface area contributed by atoms with Crippen LogP contribution < -0.4 is 10.6 Å². The molecule has 3 N–H and O–H groups in total. The Morgan fingerprint density at radius 1 is 1.22 bits per heavy atom. The van der Waals surface area contributed by atoms with Crippen LogP contribution in [0.1, 0.15) is 12.8 Å². The first-order chi connectivity index (χ1) is 8.75. The molecule has 1 aliphatic heterocycles. The van der Waals surface area contributed by atoms with Gasteiger partial charge >= 0.3 is 0 Å². The molecule has 1 aromatic carbocycles. The number of hydrogen-bond donors (Lipinski definition) is 2. The van der Waals surface area contributed by atoms with Crippen LogP contribution in [0.2, 0.25) is 0 Å².